The van der Waals surface area contributed by atoms with Gasteiger partial charge in [-0.05, 0) is 36.2 Å². The zero-order valence-corrected chi connectivity index (χ0v) is 10.4. The molecular weight excluding hydrogens is 288 g/mol. The SMILES string of the molecule is CC(CN)C(O)c1cc(C(F)(F)F)cc(C(F)(F)F)c1. The molecule has 0 radical (unpaired) electrons. The predicted octanol–water partition coefficient (Wildman–Crippen LogP) is 3.35. The number of hydrogen-bond acceptors (Lipinski definition) is 2. The zero-order valence-electron chi connectivity index (χ0n) is 10.4. The van der Waals surface area contributed by atoms with E-state index in [-0.39, 0.29) is 12.6 Å². The van der Waals surface area contributed by atoms with Gasteiger partial charge < -0.3 is 10.8 Å². The van der Waals surface area contributed by atoms with Gasteiger partial charge in [-0.2, -0.15) is 26.3 Å². The first-order valence-corrected chi connectivity index (χ1v) is 5.64. The van der Waals surface area contributed by atoms with Crippen molar-refractivity contribution in [2.24, 2.45) is 11.7 Å². The first kappa shape index (κ1) is 16.8. The van der Waals surface area contributed by atoms with Gasteiger partial charge in [0.25, 0.3) is 0 Å². The summed E-state index contributed by atoms with van der Waals surface area (Å²) in [5.74, 6) is -0.667. The summed E-state index contributed by atoms with van der Waals surface area (Å²) in [6.07, 6.45) is -11.4. The molecule has 114 valence electrons. The van der Waals surface area contributed by atoms with Crippen LogP contribution in [0.15, 0.2) is 18.2 Å². The second-order valence-corrected chi connectivity index (χ2v) is 4.50. The van der Waals surface area contributed by atoms with Crippen LogP contribution in [0.2, 0.25) is 0 Å². The highest BCUT2D eigenvalue weighted by molar-refractivity contribution is 5.35. The van der Waals surface area contributed by atoms with Crippen LogP contribution in [0.1, 0.15) is 29.7 Å². The Morgan fingerprint density at radius 2 is 1.40 bits per heavy atom. The van der Waals surface area contributed by atoms with E-state index in [1.165, 1.54) is 6.92 Å². The maximum absolute atomic E-state index is 12.6. The van der Waals surface area contributed by atoms with Crippen LogP contribution in [0.4, 0.5) is 26.3 Å². The third kappa shape index (κ3) is 3.86. The summed E-state index contributed by atoms with van der Waals surface area (Å²) in [7, 11) is 0. The van der Waals surface area contributed by atoms with Crippen molar-refractivity contribution in [2.75, 3.05) is 6.54 Å². The lowest BCUT2D eigenvalue weighted by atomic mass is 9.94. The molecule has 0 aliphatic heterocycles. The number of halogens is 6. The van der Waals surface area contributed by atoms with Crippen molar-refractivity contribution >= 4 is 0 Å². The maximum Gasteiger partial charge on any atom is 0.416 e. The highest BCUT2D eigenvalue weighted by Crippen LogP contribution is 2.38. The van der Waals surface area contributed by atoms with Crippen molar-refractivity contribution in [1.29, 1.82) is 0 Å². The summed E-state index contributed by atoms with van der Waals surface area (Å²) in [6, 6.07) is 1.03. The predicted molar refractivity (Wildman–Crippen MR) is 59.6 cm³/mol. The van der Waals surface area contributed by atoms with Crippen LogP contribution in [0.3, 0.4) is 0 Å². The number of nitrogens with two attached hydrogens (primary N) is 1. The van der Waals surface area contributed by atoms with Crippen molar-refractivity contribution in [3.8, 4) is 0 Å². The first-order chi connectivity index (χ1) is 8.96. The van der Waals surface area contributed by atoms with E-state index in [4.69, 9.17) is 5.73 Å². The van der Waals surface area contributed by atoms with Gasteiger partial charge in [-0.3, -0.25) is 0 Å². The smallest absolute Gasteiger partial charge is 0.388 e. The van der Waals surface area contributed by atoms with Crippen LogP contribution < -0.4 is 5.73 Å². The quantitative estimate of drug-likeness (QED) is 0.841. The Morgan fingerprint density at radius 1 is 1.00 bits per heavy atom. The number of alkyl halides is 6. The van der Waals surface area contributed by atoms with E-state index in [0.29, 0.717) is 12.1 Å². The molecule has 0 aliphatic carbocycles. The van der Waals surface area contributed by atoms with Crippen molar-refractivity contribution in [2.45, 2.75) is 25.4 Å². The molecule has 2 unspecified atom stereocenters. The molecule has 1 aromatic carbocycles. The molecule has 0 aromatic heterocycles. The summed E-state index contributed by atoms with van der Waals surface area (Å²) >= 11 is 0. The average Bonchev–Trinajstić information content (AvgIpc) is 2.34. The molecule has 0 fully saturated rings. The Balaban J connectivity index is 3.38. The fourth-order valence-electron chi connectivity index (χ4n) is 1.61. The first-order valence-electron chi connectivity index (χ1n) is 5.64. The van der Waals surface area contributed by atoms with Crippen molar-refractivity contribution < 1.29 is 31.4 Å². The fraction of sp³-hybridized carbons (Fsp3) is 0.500. The van der Waals surface area contributed by atoms with Crippen molar-refractivity contribution in [3.63, 3.8) is 0 Å². The van der Waals surface area contributed by atoms with Gasteiger partial charge in [0.15, 0.2) is 0 Å². The van der Waals surface area contributed by atoms with Crippen LogP contribution in [0.5, 0.6) is 0 Å². The fourth-order valence-corrected chi connectivity index (χ4v) is 1.61. The van der Waals surface area contributed by atoms with Crippen LogP contribution in [-0.4, -0.2) is 11.7 Å². The number of hydrogen-bond donors (Lipinski definition) is 2. The van der Waals surface area contributed by atoms with Gasteiger partial charge in [0.05, 0.1) is 17.2 Å². The molecule has 0 heterocycles. The highest BCUT2D eigenvalue weighted by Gasteiger charge is 2.37. The van der Waals surface area contributed by atoms with Gasteiger partial charge in [0.1, 0.15) is 0 Å². The topological polar surface area (TPSA) is 46.2 Å². The average molecular weight is 301 g/mol. The lowest BCUT2D eigenvalue weighted by molar-refractivity contribution is -0.143. The largest absolute Gasteiger partial charge is 0.416 e. The molecule has 3 N–H and O–H groups in total. The van der Waals surface area contributed by atoms with Gasteiger partial charge in [-0.15, -0.1) is 0 Å². The van der Waals surface area contributed by atoms with E-state index in [0.717, 1.165) is 0 Å². The molecule has 2 atom stereocenters. The molecule has 0 saturated heterocycles. The summed E-state index contributed by atoms with van der Waals surface area (Å²) in [5, 5.41) is 9.75. The van der Waals surface area contributed by atoms with E-state index >= 15 is 0 Å². The van der Waals surface area contributed by atoms with E-state index in [1.54, 1.807) is 0 Å². The van der Waals surface area contributed by atoms with E-state index in [1.807, 2.05) is 0 Å². The molecule has 20 heavy (non-hydrogen) atoms. The maximum atomic E-state index is 12.6. The van der Waals surface area contributed by atoms with Crippen molar-refractivity contribution in [3.05, 3.63) is 34.9 Å². The molecule has 8 heteroatoms. The lowest BCUT2D eigenvalue weighted by Crippen LogP contribution is -2.20. The standard InChI is InChI=1S/C12H13F6NO/c1-6(5-19)10(20)7-2-8(11(13,14)15)4-9(3-7)12(16,17)18/h2-4,6,10,20H,5,19H2,1H3. The Morgan fingerprint density at radius 3 is 1.70 bits per heavy atom. The summed E-state index contributed by atoms with van der Waals surface area (Å²) in [6.45, 7) is 1.36. The second-order valence-electron chi connectivity index (χ2n) is 4.50. The molecule has 0 spiro atoms. The van der Waals surface area contributed by atoms with Gasteiger partial charge in [0.2, 0.25) is 0 Å². The molecule has 1 rings (SSSR count). The molecule has 0 amide bonds. The third-order valence-electron chi connectivity index (χ3n) is 2.86. The Hall–Kier alpha value is -1.28. The number of aliphatic hydroxyl groups excluding tert-OH is 1. The summed E-state index contributed by atoms with van der Waals surface area (Å²) in [4.78, 5) is 0. The number of benzene rings is 1. The Kier molecular flexibility index (Phi) is 4.70. The highest BCUT2D eigenvalue weighted by atomic mass is 19.4. The minimum atomic E-state index is -4.93. The van der Waals surface area contributed by atoms with Gasteiger partial charge in [0, 0.05) is 0 Å². The zero-order chi connectivity index (χ0) is 15.7. The van der Waals surface area contributed by atoms with E-state index in [2.05, 4.69) is 0 Å². The third-order valence-corrected chi connectivity index (χ3v) is 2.86. The normalized spacial score (nSPS) is 16.1. The van der Waals surface area contributed by atoms with Crippen LogP contribution >= 0.6 is 0 Å². The monoisotopic (exact) mass is 301 g/mol. The minimum Gasteiger partial charge on any atom is -0.388 e. The van der Waals surface area contributed by atoms with Crippen LogP contribution in [-0.2, 0) is 12.4 Å². The number of aliphatic hydroxyl groups is 1. The van der Waals surface area contributed by atoms with Gasteiger partial charge in [-0.25, -0.2) is 0 Å². The minimum absolute atomic E-state index is 0.0172. The second kappa shape index (κ2) is 5.61. The van der Waals surface area contributed by atoms with Crippen LogP contribution in [0, 0.1) is 5.92 Å². The number of rotatable bonds is 3. The summed E-state index contributed by atoms with van der Waals surface area (Å²) in [5.41, 5.74) is 1.89. The summed E-state index contributed by atoms with van der Waals surface area (Å²) < 4.78 is 75.7. The lowest BCUT2D eigenvalue weighted by Gasteiger charge is -2.20. The molecule has 0 aliphatic rings. The molecule has 0 saturated carbocycles. The Labute approximate surface area is 111 Å². The van der Waals surface area contributed by atoms with Gasteiger partial charge >= 0.3 is 12.4 Å². The molecular formula is C12H13F6NO. The molecule has 0 bridgehead atoms. The van der Waals surface area contributed by atoms with Crippen LogP contribution in [0.25, 0.3) is 0 Å². The molecule has 2 nitrogen and oxygen atoms in total. The van der Waals surface area contributed by atoms with E-state index in [9.17, 15) is 31.4 Å². The molecule has 1 aromatic rings. The Bertz CT molecular complexity index is 436. The van der Waals surface area contributed by atoms with Gasteiger partial charge in [-0.1, -0.05) is 6.92 Å². The van der Waals surface area contributed by atoms with E-state index < -0.39 is 41.1 Å². The van der Waals surface area contributed by atoms with Crippen molar-refractivity contribution in [1.82, 2.24) is 0 Å².